The lowest BCUT2D eigenvalue weighted by molar-refractivity contribution is -0.137. The van der Waals surface area contributed by atoms with Crippen LogP contribution in [-0.4, -0.2) is 49.2 Å². The Morgan fingerprint density at radius 1 is 1.02 bits per heavy atom. The highest BCUT2D eigenvalue weighted by Gasteiger charge is 2.40. The summed E-state index contributed by atoms with van der Waals surface area (Å²) in [5, 5.41) is 5.81. The first-order valence-corrected chi connectivity index (χ1v) is 15.6. The van der Waals surface area contributed by atoms with Gasteiger partial charge < -0.3 is 15.4 Å². The van der Waals surface area contributed by atoms with Gasteiger partial charge in [0.05, 0.1) is 16.7 Å². The topological polar surface area (TPSA) is 105 Å². The third-order valence-electron chi connectivity index (χ3n) is 7.69. The van der Waals surface area contributed by atoms with E-state index in [1.165, 1.54) is 6.26 Å². The number of hydrogen-bond donors (Lipinski definition) is 2. The van der Waals surface area contributed by atoms with Gasteiger partial charge in [-0.3, -0.25) is 9.59 Å². The van der Waals surface area contributed by atoms with Crippen molar-refractivity contribution in [3.63, 3.8) is 0 Å². The Kier molecular flexibility index (Phi) is 10.3. The molecule has 8 nitrogen and oxygen atoms in total. The van der Waals surface area contributed by atoms with E-state index in [1.807, 2.05) is 0 Å². The van der Waals surface area contributed by atoms with E-state index in [0.717, 1.165) is 60.2 Å². The predicted molar refractivity (Wildman–Crippen MR) is 151 cm³/mol. The maximum atomic E-state index is 13.6. The van der Waals surface area contributed by atoms with Gasteiger partial charge in [0.2, 0.25) is 21.8 Å². The second-order valence-electron chi connectivity index (χ2n) is 10.7. The van der Waals surface area contributed by atoms with Crippen LogP contribution in [0.3, 0.4) is 0 Å². The molecule has 4 rings (SSSR count). The van der Waals surface area contributed by atoms with Gasteiger partial charge in [0, 0.05) is 19.0 Å². The Hall–Kier alpha value is -3.38. The van der Waals surface area contributed by atoms with Gasteiger partial charge in [0.15, 0.2) is 0 Å². The number of benzene rings is 2. The van der Waals surface area contributed by atoms with Crippen molar-refractivity contribution in [2.24, 2.45) is 0 Å². The summed E-state index contributed by atoms with van der Waals surface area (Å²) in [4.78, 5) is 26.5. The van der Waals surface area contributed by atoms with E-state index < -0.39 is 44.6 Å². The van der Waals surface area contributed by atoms with E-state index >= 15 is 0 Å². The van der Waals surface area contributed by atoms with Crippen LogP contribution in [0.1, 0.15) is 62.5 Å². The number of hydrogen-bond acceptors (Lipinski definition) is 5. The molecular formula is C30H36F3N3O5S. The van der Waals surface area contributed by atoms with Crippen molar-refractivity contribution < 1.29 is 35.9 Å². The Labute approximate surface area is 244 Å². The zero-order valence-electron chi connectivity index (χ0n) is 23.2. The lowest BCUT2D eigenvalue weighted by Gasteiger charge is -2.35. The largest absolute Gasteiger partial charge is 0.466 e. The molecule has 2 atom stereocenters. The normalized spacial score (nSPS) is 19.5. The van der Waals surface area contributed by atoms with Crippen LogP contribution in [-0.2, 0) is 32.2 Å². The lowest BCUT2D eigenvalue weighted by Crippen LogP contribution is -2.57. The fraction of sp³-hybridized carbons (Fsp3) is 0.467. The van der Waals surface area contributed by atoms with Crippen LogP contribution < -0.4 is 15.4 Å². The average Bonchev–Trinajstić information content (AvgIpc) is 2.98. The number of halogens is 3. The van der Waals surface area contributed by atoms with Crippen molar-refractivity contribution in [3.8, 4) is 5.75 Å². The molecule has 228 valence electrons. The maximum Gasteiger partial charge on any atom is 0.416 e. The van der Waals surface area contributed by atoms with Gasteiger partial charge in [-0.25, -0.2) is 8.42 Å². The van der Waals surface area contributed by atoms with Gasteiger partial charge >= 0.3 is 6.18 Å². The summed E-state index contributed by atoms with van der Waals surface area (Å²) in [6.45, 7) is 3.49. The minimum Gasteiger partial charge on any atom is -0.466 e. The van der Waals surface area contributed by atoms with Crippen molar-refractivity contribution in [1.82, 2.24) is 14.9 Å². The fourth-order valence-electron chi connectivity index (χ4n) is 5.48. The SMILES string of the molecule is C=COc1ccc(C[C@H](NC(=O)[C@@H]2CCCCN2S(=O)(=O)c2cccc(C(F)(F)F)c2)C(=O)NC2CCCCC2)cc1. The number of carbonyl (C=O) groups excluding carboxylic acids is 2. The molecule has 2 fully saturated rings. The first kappa shape index (κ1) is 31.6. The molecule has 2 aliphatic rings. The number of amides is 2. The molecule has 2 aromatic rings. The summed E-state index contributed by atoms with van der Waals surface area (Å²) < 4.78 is 73.2. The number of ether oxygens (including phenoxy) is 1. The van der Waals surface area contributed by atoms with Crippen LogP contribution in [0.25, 0.3) is 0 Å². The Balaban J connectivity index is 1.56. The van der Waals surface area contributed by atoms with Crippen LogP contribution in [0.2, 0.25) is 0 Å². The molecule has 2 aromatic carbocycles. The van der Waals surface area contributed by atoms with Crippen molar-refractivity contribution in [3.05, 3.63) is 72.5 Å². The third-order valence-corrected chi connectivity index (χ3v) is 9.60. The van der Waals surface area contributed by atoms with Gasteiger partial charge in [-0.05, 0) is 61.6 Å². The summed E-state index contributed by atoms with van der Waals surface area (Å²) in [6.07, 6.45) is 2.66. The van der Waals surface area contributed by atoms with E-state index in [2.05, 4.69) is 17.2 Å². The van der Waals surface area contributed by atoms with Crippen molar-refractivity contribution in [1.29, 1.82) is 0 Å². The maximum absolute atomic E-state index is 13.6. The van der Waals surface area contributed by atoms with E-state index in [4.69, 9.17) is 4.74 Å². The first-order chi connectivity index (χ1) is 20.0. The van der Waals surface area contributed by atoms with E-state index in [1.54, 1.807) is 24.3 Å². The zero-order chi connectivity index (χ0) is 30.3. The third kappa shape index (κ3) is 7.91. The Morgan fingerprint density at radius 3 is 2.38 bits per heavy atom. The first-order valence-electron chi connectivity index (χ1n) is 14.2. The van der Waals surface area contributed by atoms with Gasteiger partial charge in [-0.1, -0.05) is 50.5 Å². The fourth-order valence-corrected chi connectivity index (χ4v) is 7.19. The Bertz CT molecular complexity index is 1360. The van der Waals surface area contributed by atoms with Crippen LogP contribution in [0, 0.1) is 0 Å². The molecule has 1 saturated heterocycles. The van der Waals surface area contributed by atoms with Gasteiger partial charge in [0.1, 0.15) is 17.8 Å². The molecule has 12 heteroatoms. The second kappa shape index (κ2) is 13.7. The van der Waals surface area contributed by atoms with Crippen LogP contribution in [0.15, 0.2) is 66.3 Å². The van der Waals surface area contributed by atoms with Crippen molar-refractivity contribution in [2.75, 3.05) is 6.54 Å². The molecule has 0 spiro atoms. The van der Waals surface area contributed by atoms with E-state index in [0.29, 0.717) is 24.7 Å². The number of piperidine rings is 1. The molecule has 0 bridgehead atoms. The molecule has 0 unspecified atom stereocenters. The molecular weight excluding hydrogens is 571 g/mol. The molecule has 1 heterocycles. The molecule has 1 aliphatic heterocycles. The highest BCUT2D eigenvalue weighted by atomic mass is 32.2. The number of alkyl halides is 3. The van der Waals surface area contributed by atoms with Gasteiger partial charge in [0.25, 0.3) is 0 Å². The summed E-state index contributed by atoms with van der Waals surface area (Å²) in [7, 11) is -4.44. The summed E-state index contributed by atoms with van der Waals surface area (Å²) in [5.74, 6) is -0.482. The Morgan fingerprint density at radius 2 is 1.71 bits per heavy atom. The van der Waals surface area contributed by atoms with Gasteiger partial charge in [-0.15, -0.1) is 0 Å². The second-order valence-corrected chi connectivity index (χ2v) is 12.6. The van der Waals surface area contributed by atoms with E-state index in [9.17, 15) is 31.2 Å². The van der Waals surface area contributed by atoms with Crippen molar-refractivity contribution >= 4 is 21.8 Å². The number of rotatable bonds is 10. The highest BCUT2D eigenvalue weighted by Crippen LogP contribution is 2.32. The lowest BCUT2D eigenvalue weighted by atomic mass is 9.95. The predicted octanol–water partition coefficient (Wildman–Crippen LogP) is 4.95. The number of sulfonamides is 1. The minimum absolute atomic E-state index is 0.0125. The molecule has 2 N–H and O–H groups in total. The molecule has 1 aliphatic carbocycles. The summed E-state index contributed by atoms with van der Waals surface area (Å²) in [5.41, 5.74) is -0.349. The molecule has 0 radical (unpaired) electrons. The molecule has 1 saturated carbocycles. The molecule has 42 heavy (non-hydrogen) atoms. The van der Waals surface area contributed by atoms with Crippen LogP contribution >= 0.6 is 0 Å². The van der Waals surface area contributed by atoms with E-state index in [-0.39, 0.29) is 31.3 Å². The quantitative estimate of drug-likeness (QED) is 0.372. The van der Waals surface area contributed by atoms with Crippen LogP contribution in [0.5, 0.6) is 5.75 Å². The van der Waals surface area contributed by atoms with Gasteiger partial charge in [-0.2, -0.15) is 17.5 Å². The highest BCUT2D eigenvalue weighted by molar-refractivity contribution is 7.89. The minimum atomic E-state index is -4.72. The summed E-state index contributed by atoms with van der Waals surface area (Å²) >= 11 is 0. The summed E-state index contributed by atoms with van der Waals surface area (Å²) in [6, 6.07) is 8.26. The standard InChI is InChI=1S/C30H36F3N3O5S/c1-2-41-24-16-14-21(15-17-24)19-26(28(37)34-23-10-4-3-5-11-23)35-29(38)27-13-6-7-18-36(27)42(39,40)25-12-8-9-22(20-25)30(31,32)33/h2,8-9,12,14-17,20,23,26-27H,1,3-7,10-11,13,18-19H2,(H,34,37)(H,35,38)/t26-,27-/m0/s1. The molecule has 0 aromatic heterocycles. The van der Waals surface area contributed by atoms with Crippen molar-refractivity contribution in [2.45, 2.75) is 87.0 Å². The zero-order valence-corrected chi connectivity index (χ0v) is 24.1. The average molecular weight is 608 g/mol. The smallest absolute Gasteiger partial charge is 0.416 e. The molecule has 2 amide bonds. The number of nitrogens with one attached hydrogen (secondary N) is 2. The number of nitrogens with zero attached hydrogens (tertiary/aromatic N) is 1. The number of carbonyl (C=O) groups is 2. The monoisotopic (exact) mass is 607 g/mol. The van der Waals surface area contributed by atoms with Crippen LogP contribution in [0.4, 0.5) is 13.2 Å².